The molecule has 0 bridgehead atoms. The SMILES string of the molecule is CC(C)(C)c1cc(C(C)(C)C)c2c(c1)C(O)(O)c1cc(C(C)(C)C)cc(C(C)(C)C)c1OP(=O)(O)O2. The number of fused-ring (bicyclic) bond motifs is 2. The Balaban J connectivity index is 2.59. The van der Waals surface area contributed by atoms with Crippen molar-refractivity contribution in [1.82, 2.24) is 0 Å². The van der Waals surface area contributed by atoms with Crippen LogP contribution in [0.3, 0.4) is 0 Å². The van der Waals surface area contributed by atoms with Crippen molar-refractivity contribution in [2.45, 2.75) is 111 Å². The molecule has 2 aromatic rings. The molecule has 1 heterocycles. The third-order valence-corrected chi connectivity index (χ3v) is 7.52. The molecule has 0 amide bonds. The Morgan fingerprint density at radius 3 is 1.17 bits per heavy atom. The summed E-state index contributed by atoms with van der Waals surface area (Å²) in [5.41, 5.74) is 1.17. The average molecular weight is 519 g/mol. The summed E-state index contributed by atoms with van der Waals surface area (Å²) in [5.74, 6) is -2.65. The van der Waals surface area contributed by atoms with Crippen LogP contribution in [0.25, 0.3) is 0 Å². The fraction of sp³-hybridized carbons (Fsp3) is 0.586. The van der Waals surface area contributed by atoms with Gasteiger partial charge in [0.15, 0.2) is 0 Å². The normalized spacial score (nSPS) is 17.8. The van der Waals surface area contributed by atoms with E-state index in [1.165, 1.54) is 0 Å². The highest BCUT2D eigenvalue weighted by Gasteiger charge is 2.46. The number of hydrogen-bond donors (Lipinski definition) is 3. The molecule has 0 radical (unpaired) electrons. The predicted octanol–water partition coefficient (Wildman–Crippen LogP) is 6.93. The molecular weight excluding hydrogens is 475 g/mol. The second-order valence-corrected chi connectivity index (χ2v) is 15.4. The van der Waals surface area contributed by atoms with Crippen molar-refractivity contribution in [2.75, 3.05) is 0 Å². The molecule has 2 aromatic carbocycles. The average Bonchev–Trinajstić information content (AvgIpc) is 2.62. The molecule has 3 N–H and O–H groups in total. The third kappa shape index (κ3) is 5.38. The molecule has 36 heavy (non-hydrogen) atoms. The minimum absolute atomic E-state index is 0.0181. The van der Waals surface area contributed by atoms with Crippen molar-refractivity contribution in [3.05, 3.63) is 57.6 Å². The topological polar surface area (TPSA) is 96.2 Å². The standard InChI is InChI=1S/C29H43O6P/c1-25(2,3)17-13-19(27(7,8)9)23-21(15-17)29(30,31)22-16-18(26(4,5)6)14-20(28(10,11)12)24(22)35-36(32,33)34-23/h13-16,30-31H,1-12H3,(H,32,33). The van der Waals surface area contributed by atoms with E-state index in [2.05, 4.69) is 0 Å². The van der Waals surface area contributed by atoms with Gasteiger partial charge >= 0.3 is 7.82 Å². The molecule has 1 aliphatic heterocycles. The highest BCUT2D eigenvalue weighted by atomic mass is 31.2. The minimum atomic E-state index is -4.71. The summed E-state index contributed by atoms with van der Waals surface area (Å²) >= 11 is 0. The Bertz CT molecular complexity index is 1140. The minimum Gasteiger partial charge on any atom is -0.394 e. The molecule has 0 fully saturated rings. The van der Waals surface area contributed by atoms with Crippen LogP contribution in [-0.4, -0.2) is 15.1 Å². The molecule has 3 rings (SSSR count). The highest BCUT2D eigenvalue weighted by molar-refractivity contribution is 7.48. The molecule has 6 nitrogen and oxygen atoms in total. The van der Waals surface area contributed by atoms with Crippen molar-refractivity contribution < 1.29 is 28.7 Å². The monoisotopic (exact) mass is 518 g/mol. The number of phosphoric ester groups is 1. The first kappa shape index (κ1) is 28.7. The van der Waals surface area contributed by atoms with E-state index in [-0.39, 0.29) is 33.5 Å². The van der Waals surface area contributed by atoms with Gasteiger partial charge in [-0.1, -0.05) is 95.2 Å². The zero-order valence-corrected chi connectivity index (χ0v) is 24.7. The smallest absolute Gasteiger partial charge is 0.394 e. The van der Waals surface area contributed by atoms with Gasteiger partial charge in [-0.25, -0.2) is 4.57 Å². The molecule has 1 aliphatic rings. The van der Waals surface area contributed by atoms with E-state index < -0.39 is 24.4 Å². The van der Waals surface area contributed by atoms with Crippen LogP contribution in [0.4, 0.5) is 0 Å². The van der Waals surface area contributed by atoms with Gasteiger partial charge in [0, 0.05) is 11.1 Å². The first-order chi connectivity index (χ1) is 15.9. The van der Waals surface area contributed by atoms with Gasteiger partial charge in [-0.15, -0.1) is 0 Å². The Hall–Kier alpha value is -1.85. The van der Waals surface area contributed by atoms with Crippen LogP contribution >= 0.6 is 7.82 Å². The van der Waals surface area contributed by atoms with Crippen molar-refractivity contribution in [1.29, 1.82) is 0 Å². The summed E-state index contributed by atoms with van der Waals surface area (Å²) < 4.78 is 24.8. The van der Waals surface area contributed by atoms with Crippen LogP contribution in [0.5, 0.6) is 11.5 Å². The van der Waals surface area contributed by atoms with E-state index in [4.69, 9.17) is 9.05 Å². The molecule has 200 valence electrons. The van der Waals surface area contributed by atoms with Crippen LogP contribution in [0, 0.1) is 0 Å². The molecule has 0 atom stereocenters. The van der Waals surface area contributed by atoms with Crippen LogP contribution in [-0.2, 0) is 32.0 Å². The summed E-state index contributed by atoms with van der Waals surface area (Å²) in [6.45, 7) is 23.9. The number of phosphoric acid groups is 1. The maximum atomic E-state index is 13.4. The number of rotatable bonds is 0. The van der Waals surface area contributed by atoms with Crippen molar-refractivity contribution in [3.8, 4) is 11.5 Å². The lowest BCUT2D eigenvalue weighted by molar-refractivity contribution is -0.134. The van der Waals surface area contributed by atoms with E-state index in [0.717, 1.165) is 11.1 Å². The van der Waals surface area contributed by atoms with Gasteiger partial charge in [0.05, 0.1) is 11.1 Å². The third-order valence-electron chi connectivity index (χ3n) is 6.69. The van der Waals surface area contributed by atoms with Gasteiger partial charge in [0.25, 0.3) is 0 Å². The molecule has 0 aromatic heterocycles. The van der Waals surface area contributed by atoms with Gasteiger partial charge in [0.1, 0.15) is 11.5 Å². The highest BCUT2D eigenvalue weighted by Crippen LogP contribution is 2.57. The Labute approximate surface area is 216 Å². The first-order valence-electron chi connectivity index (χ1n) is 12.4. The molecule has 0 saturated heterocycles. The van der Waals surface area contributed by atoms with Gasteiger partial charge in [-0.2, -0.15) is 0 Å². The van der Waals surface area contributed by atoms with Gasteiger partial charge in [-0.05, 0) is 44.9 Å². The molecule has 0 spiro atoms. The van der Waals surface area contributed by atoms with Gasteiger partial charge in [-0.3, -0.25) is 4.89 Å². The van der Waals surface area contributed by atoms with Crippen LogP contribution in [0.1, 0.15) is 116 Å². The first-order valence-corrected chi connectivity index (χ1v) is 13.9. The summed E-state index contributed by atoms with van der Waals surface area (Å²) in [7, 11) is -4.71. The van der Waals surface area contributed by atoms with Crippen LogP contribution in [0.2, 0.25) is 0 Å². The fourth-order valence-electron chi connectivity index (χ4n) is 4.35. The second kappa shape index (κ2) is 8.33. The number of hydrogen-bond acceptors (Lipinski definition) is 5. The largest absolute Gasteiger partial charge is 0.584 e. The number of benzene rings is 2. The zero-order valence-electron chi connectivity index (χ0n) is 23.8. The van der Waals surface area contributed by atoms with Crippen molar-refractivity contribution in [2.24, 2.45) is 0 Å². The Morgan fingerprint density at radius 1 is 0.611 bits per heavy atom. The fourth-order valence-corrected chi connectivity index (χ4v) is 5.24. The summed E-state index contributed by atoms with van der Waals surface area (Å²) in [5, 5.41) is 23.9. The zero-order chi connectivity index (χ0) is 27.9. The lowest BCUT2D eigenvalue weighted by atomic mass is 9.75. The van der Waals surface area contributed by atoms with Gasteiger partial charge in [0.2, 0.25) is 5.79 Å². The van der Waals surface area contributed by atoms with E-state index in [1.807, 2.05) is 95.2 Å². The van der Waals surface area contributed by atoms with E-state index in [0.29, 0.717) is 11.1 Å². The van der Waals surface area contributed by atoms with Crippen molar-refractivity contribution in [3.63, 3.8) is 0 Å². The van der Waals surface area contributed by atoms with E-state index in [1.54, 1.807) is 12.1 Å². The summed E-state index contributed by atoms with van der Waals surface area (Å²) in [6.07, 6.45) is 0. The van der Waals surface area contributed by atoms with Crippen molar-refractivity contribution >= 4 is 7.82 Å². The molecule has 0 aliphatic carbocycles. The van der Waals surface area contributed by atoms with E-state index in [9.17, 15) is 19.7 Å². The number of aliphatic hydroxyl groups is 2. The van der Waals surface area contributed by atoms with Crippen LogP contribution < -0.4 is 9.05 Å². The molecule has 7 heteroatoms. The molecule has 0 unspecified atom stereocenters. The summed E-state index contributed by atoms with van der Waals surface area (Å²) in [4.78, 5) is 10.9. The maximum Gasteiger partial charge on any atom is 0.584 e. The van der Waals surface area contributed by atoms with E-state index >= 15 is 0 Å². The maximum absolute atomic E-state index is 13.4. The second-order valence-electron chi connectivity index (χ2n) is 14.1. The Morgan fingerprint density at radius 2 is 0.917 bits per heavy atom. The van der Waals surface area contributed by atoms with Crippen LogP contribution in [0.15, 0.2) is 24.3 Å². The van der Waals surface area contributed by atoms with Gasteiger partial charge < -0.3 is 19.3 Å². The molecular formula is C29H43O6P. The molecule has 0 saturated carbocycles. The quantitative estimate of drug-likeness (QED) is 0.258. The Kier molecular flexibility index (Phi) is 6.64. The predicted molar refractivity (Wildman–Crippen MR) is 144 cm³/mol. The lowest BCUT2D eigenvalue weighted by Crippen LogP contribution is -2.33. The summed E-state index contributed by atoms with van der Waals surface area (Å²) in [6, 6.07) is 7.15. The lowest BCUT2D eigenvalue weighted by Gasteiger charge is -2.38.